The van der Waals surface area contributed by atoms with Gasteiger partial charge in [-0.3, -0.25) is 4.79 Å². The number of nitrogens with zero attached hydrogens (tertiary/aromatic N) is 1. The number of hydrogen-bond donors (Lipinski definition) is 2. The molecule has 1 amide bonds. The van der Waals surface area contributed by atoms with Crippen molar-refractivity contribution in [1.29, 1.82) is 0 Å². The van der Waals surface area contributed by atoms with E-state index in [9.17, 15) is 4.79 Å². The van der Waals surface area contributed by atoms with E-state index in [1.807, 2.05) is 0 Å². The molecule has 1 atom stereocenters. The molecule has 94 valence electrons. The normalized spacial score (nSPS) is 24.5. The van der Waals surface area contributed by atoms with Crippen molar-refractivity contribution in [2.24, 2.45) is 5.41 Å². The van der Waals surface area contributed by atoms with Gasteiger partial charge in [0.05, 0.1) is 11.6 Å². The zero-order valence-corrected chi connectivity index (χ0v) is 10.2. The van der Waals surface area contributed by atoms with Crippen LogP contribution in [0.3, 0.4) is 0 Å². The highest BCUT2D eigenvalue weighted by atomic mass is 16.5. The predicted molar refractivity (Wildman–Crippen MR) is 64.6 cm³/mol. The molecule has 17 heavy (non-hydrogen) atoms. The highest BCUT2D eigenvalue weighted by Crippen LogP contribution is 2.33. The molecular formula is C12H19N3O2. The maximum atomic E-state index is 12.4. The molecule has 0 aromatic carbocycles. The number of carbonyl (C=O) groups excluding carboxylic acids is 1. The zero-order valence-electron chi connectivity index (χ0n) is 10.2. The highest BCUT2D eigenvalue weighted by Gasteiger charge is 2.38. The quantitative estimate of drug-likeness (QED) is 0.837. The molecule has 1 aromatic rings. The summed E-state index contributed by atoms with van der Waals surface area (Å²) >= 11 is 0. The Morgan fingerprint density at radius 1 is 1.71 bits per heavy atom. The van der Waals surface area contributed by atoms with Gasteiger partial charge in [-0.1, -0.05) is 18.5 Å². The Balaban J connectivity index is 2.06. The van der Waals surface area contributed by atoms with Crippen LogP contribution >= 0.6 is 0 Å². The summed E-state index contributed by atoms with van der Waals surface area (Å²) in [5.74, 6) is 0.0785. The van der Waals surface area contributed by atoms with Crippen LogP contribution in [-0.2, 0) is 4.79 Å². The number of rotatable bonds is 4. The first-order valence-corrected chi connectivity index (χ1v) is 6.18. The van der Waals surface area contributed by atoms with Crippen LogP contribution in [0.25, 0.3) is 0 Å². The van der Waals surface area contributed by atoms with Gasteiger partial charge in [0.1, 0.15) is 12.0 Å². The van der Waals surface area contributed by atoms with Gasteiger partial charge in [0, 0.05) is 6.54 Å². The Labute approximate surface area is 101 Å². The second kappa shape index (κ2) is 5.31. The van der Waals surface area contributed by atoms with Crippen molar-refractivity contribution in [2.45, 2.75) is 32.6 Å². The average Bonchev–Trinajstić information content (AvgIpc) is 2.83. The molecule has 0 aliphatic carbocycles. The fraction of sp³-hybridized carbons (Fsp3) is 0.667. The summed E-state index contributed by atoms with van der Waals surface area (Å²) in [7, 11) is 0. The monoisotopic (exact) mass is 237 g/mol. The van der Waals surface area contributed by atoms with Gasteiger partial charge in [-0.05, 0) is 25.8 Å². The lowest BCUT2D eigenvalue weighted by molar-refractivity contribution is -0.127. The molecule has 1 aliphatic heterocycles. The second-order valence-corrected chi connectivity index (χ2v) is 4.68. The lowest BCUT2D eigenvalue weighted by Gasteiger charge is -2.35. The van der Waals surface area contributed by atoms with Crippen molar-refractivity contribution in [3.63, 3.8) is 0 Å². The van der Waals surface area contributed by atoms with Gasteiger partial charge in [0.15, 0.2) is 0 Å². The van der Waals surface area contributed by atoms with E-state index in [-0.39, 0.29) is 11.3 Å². The van der Waals surface area contributed by atoms with Gasteiger partial charge in [-0.2, -0.15) is 0 Å². The number of amides is 1. The molecule has 1 saturated heterocycles. The van der Waals surface area contributed by atoms with Crippen molar-refractivity contribution in [3.05, 3.63) is 12.5 Å². The molecular weight excluding hydrogens is 218 g/mol. The smallest absolute Gasteiger partial charge is 0.232 e. The van der Waals surface area contributed by atoms with Crippen LogP contribution in [0.4, 0.5) is 5.69 Å². The van der Waals surface area contributed by atoms with E-state index in [1.54, 1.807) is 0 Å². The first kappa shape index (κ1) is 12.1. The van der Waals surface area contributed by atoms with E-state index in [0.717, 1.165) is 38.8 Å². The maximum Gasteiger partial charge on any atom is 0.232 e. The van der Waals surface area contributed by atoms with Crippen LogP contribution in [0, 0.1) is 5.41 Å². The summed E-state index contributed by atoms with van der Waals surface area (Å²) in [5, 5.41) is 9.79. The van der Waals surface area contributed by atoms with Crippen molar-refractivity contribution < 1.29 is 9.32 Å². The van der Waals surface area contributed by atoms with Crippen molar-refractivity contribution >= 4 is 11.6 Å². The van der Waals surface area contributed by atoms with Gasteiger partial charge in [0.25, 0.3) is 0 Å². The Morgan fingerprint density at radius 2 is 2.59 bits per heavy atom. The molecule has 2 heterocycles. The Kier molecular flexibility index (Phi) is 3.78. The first-order valence-electron chi connectivity index (χ1n) is 6.18. The number of nitrogens with one attached hydrogen (secondary N) is 2. The van der Waals surface area contributed by atoms with Crippen LogP contribution in [0.1, 0.15) is 32.6 Å². The number of anilines is 1. The van der Waals surface area contributed by atoms with Gasteiger partial charge >= 0.3 is 0 Å². The van der Waals surface area contributed by atoms with Crippen molar-refractivity contribution in [2.75, 3.05) is 18.4 Å². The van der Waals surface area contributed by atoms with Gasteiger partial charge in [0.2, 0.25) is 5.91 Å². The zero-order chi connectivity index (χ0) is 12.1. The number of hydrogen-bond acceptors (Lipinski definition) is 4. The summed E-state index contributed by atoms with van der Waals surface area (Å²) in [6, 6.07) is 0. The molecule has 0 spiro atoms. The number of aromatic nitrogens is 1. The molecule has 0 saturated carbocycles. The fourth-order valence-electron chi connectivity index (χ4n) is 2.50. The summed E-state index contributed by atoms with van der Waals surface area (Å²) in [4.78, 5) is 12.4. The molecule has 1 unspecified atom stereocenters. The standard InChI is InChI=1S/C12H19N3O2/c1-2-4-12(5-3-6-13-9-12)11(16)15-10-7-14-17-8-10/h7-8,13H,2-6,9H2,1H3,(H,15,16). The van der Waals surface area contributed by atoms with Crippen LogP contribution in [0.15, 0.2) is 17.0 Å². The van der Waals surface area contributed by atoms with Crippen molar-refractivity contribution in [3.8, 4) is 0 Å². The summed E-state index contributed by atoms with van der Waals surface area (Å²) in [6.45, 7) is 3.88. The van der Waals surface area contributed by atoms with Crippen LogP contribution in [-0.4, -0.2) is 24.2 Å². The number of carbonyl (C=O) groups is 1. The lowest BCUT2D eigenvalue weighted by Crippen LogP contribution is -2.48. The molecule has 1 aromatic heterocycles. The maximum absolute atomic E-state index is 12.4. The van der Waals surface area contributed by atoms with E-state index >= 15 is 0 Å². The Hall–Kier alpha value is -1.36. The van der Waals surface area contributed by atoms with Crippen LogP contribution in [0.2, 0.25) is 0 Å². The van der Waals surface area contributed by atoms with Gasteiger partial charge < -0.3 is 15.2 Å². The van der Waals surface area contributed by atoms with E-state index in [4.69, 9.17) is 4.52 Å². The molecule has 0 radical (unpaired) electrons. The third kappa shape index (κ3) is 2.66. The summed E-state index contributed by atoms with van der Waals surface area (Å²) in [5.41, 5.74) is 0.362. The molecule has 1 aliphatic rings. The first-order chi connectivity index (χ1) is 8.27. The molecule has 0 bridgehead atoms. The topological polar surface area (TPSA) is 67.2 Å². The lowest BCUT2D eigenvalue weighted by atomic mass is 9.76. The van der Waals surface area contributed by atoms with Crippen LogP contribution in [0.5, 0.6) is 0 Å². The minimum Gasteiger partial charge on any atom is -0.363 e. The average molecular weight is 237 g/mol. The second-order valence-electron chi connectivity index (χ2n) is 4.68. The largest absolute Gasteiger partial charge is 0.363 e. The van der Waals surface area contributed by atoms with E-state index in [0.29, 0.717) is 5.69 Å². The Morgan fingerprint density at radius 3 is 3.18 bits per heavy atom. The molecule has 5 nitrogen and oxygen atoms in total. The predicted octanol–water partition coefficient (Wildman–Crippen LogP) is 1.78. The molecule has 1 fully saturated rings. The van der Waals surface area contributed by atoms with Gasteiger partial charge in [-0.25, -0.2) is 0 Å². The molecule has 5 heteroatoms. The minimum absolute atomic E-state index is 0.0785. The molecule has 2 N–H and O–H groups in total. The van der Waals surface area contributed by atoms with Gasteiger partial charge in [-0.15, -0.1) is 0 Å². The minimum atomic E-state index is -0.274. The summed E-state index contributed by atoms with van der Waals surface area (Å²) < 4.78 is 4.72. The third-order valence-electron chi connectivity index (χ3n) is 3.37. The Bertz CT molecular complexity index is 350. The summed E-state index contributed by atoms with van der Waals surface area (Å²) in [6.07, 6.45) is 6.90. The third-order valence-corrected chi connectivity index (χ3v) is 3.37. The van der Waals surface area contributed by atoms with E-state index < -0.39 is 0 Å². The highest BCUT2D eigenvalue weighted by molar-refractivity contribution is 5.95. The van der Waals surface area contributed by atoms with Crippen molar-refractivity contribution in [1.82, 2.24) is 10.5 Å². The fourth-order valence-corrected chi connectivity index (χ4v) is 2.50. The number of piperidine rings is 1. The SMILES string of the molecule is CCCC1(C(=O)Nc2cnoc2)CCCNC1. The van der Waals surface area contributed by atoms with E-state index in [1.165, 1.54) is 12.5 Å². The molecule has 2 rings (SSSR count). The van der Waals surface area contributed by atoms with Crippen LogP contribution < -0.4 is 10.6 Å². The van der Waals surface area contributed by atoms with E-state index in [2.05, 4.69) is 22.7 Å².